The summed E-state index contributed by atoms with van der Waals surface area (Å²) in [4.78, 5) is 23.1. The Morgan fingerprint density at radius 2 is 1.71 bits per heavy atom. The molecule has 1 amide bonds. The van der Waals surface area contributed by atoms with Crippen molar-refractivity contribution >= 4 is 29.0 Å². The van der Waals surface area contributed by atoms with Gasteiger partial charge in [0.2, 0.25) is 5.91 Å². The number of ketones is 1. The summed E-state index contributed by atoms with van der Waals surface area (Å²) >= 11 is 6.05. The van der Waals surface area contributed by atoms with Gasteiger partial charge in [-0.15, -0.1) is 0 Å². The number of carbonyl (C=O) groups is 2. The second-order valence-electron chi connectivity index (χ2n) is 4.77. The van der Waals surface area contributed by atoms with E-state index in [2.05, 4.69) is 5.32 Å². The van der Waals surface area contributed by atoms with Gasteiger partial charge in [-0.05, 0) is 49.2 Å². The van der Waals surface area contributed by atoms with Gasteiger partial charge in [0, 0.05) is 22.7 Å². The van der Waals surface area contributed by atoms with Crippen molar-refractivity contribution < 1.29 is 9.59 Å². The van der Waals surface area contributed by atoms with Gasteiger partial charge in [-0.3, -0.25) is 9.59 Å². The van der Waals surface area contributed by atoms with Crippen molar-refractivity contribution in [1.82, 2.24) is 0 Å². The maximum atomic E-state index is 11.9. The van der Waals surface area contributed by atoms with Gasteiger partial charge >= 0.3 is 0 Å². The number of rotatable bonds is 5. The fraction of sp³-hybridized carbons (Fsp3) is 0.176. The molecule has 2 aromatic rings. The van der Waals surface area contributed by atoms with Crippen molar-refractivity contribution in [3.63, 3.8) is 0 Å². The molecule has 21 heavy (non-hydrogen) atoms. The van der Waals surface area contributed by atoms with E-state index >= 15 is 0 Å². The monoisotopic (exact) mass is 301 g/mol. The van der Waals surface area contributed by atoms with Crippen LogP contribution in [0.3, 0.4) is 0 Å². The second kappa shape index (κ2) is 7.04. The fourth-order valence-electron chi connectivity index (χ4n) is 1.96. The maximum absolute atomic E-state index is 11.9. The van der Waals surface area contributed by atoms with Crippen molar-refractivity contribution in [1.29, 1.82) is 0 Å². The molecule has 0 aliphatic heterocycles. The maximum Gasteiger partial charge on any atom is 0.224 e. The second-order valence-corrected chi connectivity index (χ2v) is 5.18. The summed E-state index contributed by atoms with van der Waals surface area (Å²) in [6.07, 6.45) is 0.954. The quantitative estimate of drug-likeness (QED) is 0.845. The van der Waals surface area contributed by atoms with E-state index in [-0.39, 0.29) is 11.7 Å². The molecule has 0 unspecified atom stereocenters. The molecule has 4 heteroatoms. The molecule has 0 saturated carbocycles. The van der Waals surface area contributed by atoms with Crippen LogP contribution in [0.25, 0.3) is 0 Å². The Balaban J connectivity index is 1.90. The molecule has 0 aliphatic carbocycles. The number of aryl methyl sites for hydroxylation is 1. The minimum absolute atomic E-state index is 0.00611. The summed E-state index contributed by atoms with van der Waals surface area (Å²) in [6, 6.07) is 14.3. The standard InChI is InChI=1S/C17H16ClNO2/c1-12(20)13-6-9-15(10-7-13)19-17(21)11-8-14-4-2-3-5-16(14)18/h2-7,9-10H,8,11H2,1H3,(H,19,21). The van der Waals surface area contributed by atoms with Crippen molar-refractivity contribution in [2.45, 2.75) is 19.8 Å². The molecule has 3 nitrogen and oxygen atoms in total. The Labute approximate surface area is 128 Å². The topological polar surface area (TPSA) is 46.2 Å². The van der Waals surface area contributed by atoms with E-state index in [1.165, 1.54) is 6.92 Å². The highest BCUT2D eigenvalue weighted by Crippen LogP contribution is 2.17. The summed E-state index contributed by atoms with van der Waals surface area (Å²) in [6.45, 7) is 1.51. The smallest absolute Gasteiger partial charge is 0.224 e. The van der Waals surface area contributed by atoms with Gasteiger partial charge in [0.1, 0.15) is 0 Å². The summed E-state index contributed by atoms with van der Waals surface area (Å²) in [7, 11) is 0. The fourth-order valence-corrected chi connectivity index (χ4v) is 2.19. The zero-order valence-electron chi connectivity index (χ0n) is 11.7. The van der Waals surface area contributed by atoms with Crippen LogP contribution in [0.15, 0.2) is 48.5 Å². The summed E-state index contributed by atoms with van der Waals surface area (Å²) in [5.74, 6) is -0.0721. The van der Waals surface area contributed by atoms with Crippen molar-refractivity contribution in [2.24, 2.45) is 0 Å². The lowest BCUT2D eigenvalue weighted by Gasteiger charge is -2.07. The van der Waals surface area contributed by atoms with Crippen molar-refractivity contribution in [2.75, 3.05) is 5.32 Å². The first-order chi connectivity index (χ1) is 10.1. The number of carbonyl (C=O) groups excluding carboxylic acids is 2. The number of benzene rings is 2. The molecule has 2 rings (SSSR count). The van der Waals surface area contributed by atoms with E-state index in [0.717, 1.165) is 5.56 Å². The van der Waals surface area contributed by atoms with Crippen LogP contribution in [0.5, 0.6) is 0 Å². The third-order valence-corrected chi connectivity index (χ3v) is 3.52. The van der Waals surface area contributed by atoms with Gasteiger partial charge < -0.3 is 5.32 Å². The van der Waals surface area contributed by atoms with Gasteiger partial charge in [0.25, 0.3) is 0 Å². The average molecular weight is 302 g/mol. The molecule has 0 bridgehead atoms. The highest BCUT2D eigenvalue weighted by Gasteiger charge is 2.06. The number of anilines is 1. The average Bonchev–Trinajstić information content (AvgIpc) is 2.47. The molecule has 0 atom stereocenters. The van der Waals surface area contributed by atoms with E-state index < -0.39 is 0 Å². The SMILES string of the molecule is CC(=O)c1ccc(NC(=O)CCc2ccccc2Cl)cc1. The Morgan fingerprint density at radius 3 is 2.33 bits per heavy atom. The predicted molar refractivity (Wildman–Crippen MR) is 84.8 cm³/mol. The van der Waals surface area contributed by atoms with E-state index in [1.54, 1.807) is 24.3 Å². The van der Waals surface area contributed by atoms with E-state index in [1.807, 2.05) is 24.3 Å². The van der Waals surface area contributed by atoms with Crippen LogP contribution in [0, 0.1) is 0 Å². The number of Topliss-reactive ketones (excluding diaryl/α,β-unsaturated/α-hetero) is 1. The summed E-state index contributed by atoms with van der Waals surface area (Å²) < 4.78 is 0. The highest BCUT2D eigenvalue weighted by atomic mass is 35.5. The lowest BCUT2D eigenvalue weighted by Crippen LogP contribution is -2.12. The minimum Gasteiger partial charge on any atom is -0.326 e. The lowest BCUT2D eigenvalue weighted by molar-refractivity contribution is -0.116. The van der Waals surface area contributed by atoms with Gasteiger partial charge in [-0.1, -0.05) is 29.8 Å². The first-order valence-corrected chi connectivity index (χ1v) is 7.08. The molecular formula is C17H16ClNO2. The number of nitrogens with one attached hydrogen (secondary N) is 1. The lowest BCUT2D eigenvalue weighted by atomic mass is 10.1. The zero-order valence-corrected chi connectivity index (χ0v) is 12.5. The Kier molecular flexibility index (Phi) is 5.12. The molecule has 108 valence electrons. The molecule has 1 N–H and O–H groups in total. The van der Waals surface area contributed by atoms with Gasteiger partial charge in [0.15, 0.2) is 5.78 Å². The largest absolute Gasteiger partial charge is 0.326 e. The number of halogens is 1. The summed E-state index contributed by atoms with van der Waals surface area (Å²) in [5, 5.41) is 3.48. The normalized spacial score (nSPS) is 10.2. The molecule has 0 saturated heterocycles. The Bertz CT molecular complexity index is 650. The van der Waals surface area contributed by atoms with E-state index in [0.29, 0.717) is 29.1 Å². The van der Waals surface area contributed by atoms with E-state index in [4.69, 9.17) is 11.6 Å². The zero-order chi connectivity index (χ0) is 15.2. The summed E-state index contributed by atoms with van der Waals surface area (Å²) in [5.41, 5.74) is 2.27. The number of hydrogen-bond acceptors (Lipinski definition) is 2. The van der Waals surface area contributed by atoms with Crippen LogP contribution < -0.4 is 5.32 Å². The van der Waals surface area contributed by atoms with Gasteiger partial charge in [-0.25, -0.2) is 0 Å². The predicted octanol–water partition coefficient (Wildman–Crippen LogP) is 4.11. The van der Waals surface area contributed by atoms with Crippen LogP contribution in [0.2, 0.25) is 5.02 Å². The third-order valence-electron chi connectivity index (χ3n) is 3.15. The Hall–Kier alpha value is -2.13. The molecule has 0 aliphatic rings. The minimum atomic E-state index is -0.0782. The van der Waals surface area contributed by atoms with Crippen molar-refractivity contribution in [3.05, 3.63) is 64.7 Å². The van der Waals surface area contributed by atoms with Gasteiger partial charge in [0.05, 0.1) is 0 Å². The molecule has 0 radical (unpaired) electrons. The van der Waals surface area contributed by atoms with Crippen molar-refractivity contribution in [3.8, 4) is 0 Å². The van der Waals surface area contributed by atoms with Crippen LogP contribution in [0.4, 0.5) is 5.69 Å². The van der Waals surface area contributed by atoms with Crippen LogP contribution in [-0.4, -0.2) is 11.7 Å². The molecule has 0 spiro atoms. The van der Waals surface area contributed by atoms with Crippen LogP contribution in [-0.2, 0) is 11.2 Å². The van der Waals surface area contributed by atoms with Crippen LogP contribution in [0.1, 0.15) is 29.3 Å². The molecular weight excluding hydrogens is 286 g/mol. The highest BCUT2D eigenvalue weighted by molar-refractivity contribution is 6.31. The molecule has 0 heterocycles. The molecule has 0 aromatic heterocycles. The number of hydrogen-bond donors (Lipinski definition) is 1. The number of amides is 1. The van der Waals surface area contributed by atoms with Crippen LogP contribution >= 0.6 is 11.6 Å². The molecule has 2 aromatic carbocycles. The first-order valence-electron chi connectivity index (χ1n) is 6.70. The van der Waals surface area contributed by atoms with Gasteiger partial charge in [-0.2, -0.15) is 0 Å². The van der Waals surface area contributed by atoms with E-state index in [9.17, 15) is 9.59 Å². The third kappa shape index (κ3) is 4.43. The first kappa shape index (κ1) is 15.3. The molecule has 0 fully saturated rings. The Morgan fingerprint density at radius 1 is 1.05 bits per heavy atom.